The Morgan fingerprint density at radius 2 is 2.24 bits per heavy atom. The lowest BCUT2D eigenvalue weighted by Crippen LogP contribution is -2.46. The predicted octanol–water partition coefficient (Wildman–Crippen LogP) is 3.33. The van der Waals surface area contributed by atoms with Gasteiger partial charge >= 0.3 is 0 Å². The number of benzene rings is 1. The molecule has 2 aromatic heterocycles. The van der Waals surface area contributed by atoms with E-state index in [9.17, 15) is 4.39 Å². The van der Waals surface area contributed by atoms with Gasteiger partial charge in [-0.15, -0.1) is 24.0 Å². The molecule has 9 heteroatoms. The molecule has 29 heavy (non-hydrogen) atoms. The Bertz CT molecular complexity index is 1030. The Hall–Kier alpha value is -2.17. The highest BCUT2D eigenvalue weighted by atomic mass is 127. The van der Waals surface area contributed by atoms with Crippen LogP contribution < -0.4 is 10.6 Å². The summed E-state index contributed by atoms with van der Waals surface area (Å²) in [6, 6.07) is 4.81. The molecule has 0 bridgehead atoms. The Balaban J connectivity index is 0.00000240. The highest BCUT2D eigenvalue weighted by Crippen LogP contribution is 2.25. The van der Waals surface area contributed by atoms with Gasteiger partial charge in [-0.05, 0) is 31.5 Å². The summed E-state index contributed by atoms with van der Waals surface area (Å²) in [6.07, 6.45) is 2.73. The second kappa shape index (κ2) is 9.10. The molecular formula is C20H26FIN6O. The summed E-state index contributed by atoms with van der Waals surface area (Å²) >= 11 is 0. The first-order chi connectivity index (χ1) is 13.6. The quantitative estimate of drug-likeness (QED) is 0.319. The van der Waals surface area contributed by atoms with E-state index in [2.05, 4.69) is 32.6 Å². The Labute approximate surface area is 186 Å². The van der Waals surface area contributed by atoms with Crippen LogP contribution in [0.25, 0.3) is 11.0 Å². The third-order valence-corrected chi connectivity index (χ3v) is 5.20. The average Bonchev–Trinajstić information content (AvgIpc) is 3.25. The molecule has 3 heterocycles. The van der Waals surface area contributed by atoms with Crippen LogP contribution in [0.2, 0.25) is 0 Å². The van der Waals surface area contributed by atoms with Gasteiger partial charge in [0.15, 0.2) is 11.8 Å². The highest BCUT2D eigenvalue weighted by Gasteiger charge is 2.22. The molecule has 0 spiro atoms. The van der Waals surface area contributed by atoms with Crippen molar-refractivity contribution in [3.8, 4) is 0 Å². The van der Waals surface area contributed by atoms with Crippen molar-refractivity contribution in [2.24, 2.45) is 4.99 Å². The fourth-order valence-corrected chi connectivity index (χ4v) is 3.59. The van der Waals surface area contributed by atoms with E-state index in [-0.39, 0.29) is 35.8 Å². The zero-order valence-corrected chi connectivity index (χ0v) is 19.2. The van der Waals surface area contributed by atoms with Crippen molar-refractivity contribution in [2.75, 3.05) is 7.05 Å². The second-order valence-electron chi connectivity index (χ2n) is 7.08. The zero-order chi connectivity index (χ0) is 19.7. The number of aliphatic imine (C=N–C) groups is 1. The lowest BCUT2D eigenvalue weighted by Gasteiger charge is -2.25. The van der Waals surface area contributed by atoms with Crippen molar-refractivity contribution in [3.63, 3.8) is 0 Å². The number of aromatic nitrogens is 3. The van der Waals surface area contributed by atoms with E-state index >= 15 is 0 Å². The van der Waals surface area contributed by atoms with Crippen molar-refractivity contribution in [1.82, 2.24) is 25.4 Å². The molecule has 1 unspecified atom stereocenters. The van der Waals surface area contributed by atoms with E-state index < -0.39 is 0 Å². The van der Waals surface area contributed by atoms with Gasteiger partial charge in [0, 0.05) is 36.9 Å². The maximum Gasteiger partial charge on any atom is 0.191 e. The van der Waals surface area contributed by atoms with Gasteiger partial charge in [-0.3, -0.25) is 4.99 Å². The maximum atomic E-state index is 13.5. The van der Waals surface area contributed by atoms with Crippen LogP contribution in [-0.4, -0.2) is 33.8 Å². The van der Waals surface area contributed by atoms with Crippen molar-refractivity contribution in [1.29, 1.82) is 0 Å². The molecule has 3 aromatic rings. The van der Waals surface area contributed by atoms with Gasteiger partial charge in [-0.1, -0.05) is 6.92 Å². The van der Waals surface area contributed by atoms with E-state index in [1.54, 1.807) is 13.1 Å². The Morgan fingerprint density at radius 1 is 1.41 bits per heavy atom. The van der Waals surface area contributed by atoms with Crippen LogP contribution in [0.4, 0.5) is 4.39 Å². The van der Waals surface area contributed by atoms with Crippen LogP contribution in [0.5, 0.6) is 0 Å². The van der Waals surface area contributed by atoms with Crippen LogP contribution in [0, 0.1) is 12.7 Å². The Kier molecular flexibility index (Phi) is 6.76. The molecule has 0 aliphatic carbocycles. The molecule has 0 saturated heterocycles. The topological polar surface area (TPSA) is 80.3 Å². The average molecular weight is 512 g/mol. The zero-order valence-electron chi connectivity index (χ0n) is 16.8. The number of hydrogen-bond acceptors (Lipinski definition) is 4. The third kappa shape index (κ3) is 4.54. The van der Waals surface area contributed by atoms with E-state index in [0.717, 1.165) is 54.2 Å². The highest BCUT2D eigenvalue weighted by molar-refractivity contribution is 14.0. The fraction of sp³-hybridized carbons (Fsp3) is 0.450. The molecular weight excluding hydrogens is 486 g/mol. The molecule has 0 fully saturated rings. The lowest BCUT2D eigenvalue weighted by molar-refractivity contribution is 0.391. The van der Waals surface area contributed by atoms with Crippen molar-refractivity contribution >= 4 is 40.9 Å². The standard InChI is InChI=1S/C20H25FN6O.HI/c1-4-18-25-19-8-6-14(11-27(19)26-18)24-20(22-3)23-10-17-12(2)15-9-13(21)5-7-16(15)28-17;/h5,7,9,14H,4,6,8,10-11H2,1-3H3,(H2,22,23,24);1H. The van der Waals surface area contributed by atoms with Crippen LogP contribution in [-0.2, 0) is 25.9 Å². The summed E-state index contributed by atoms with van der Waals surface area (Å²) in [4.78, 5) is 8.87. The molecule has 1 aliphatic heterocycles. The molecule has 0 saturated carbocycles. The van der Waals surface area contributed by atoms with Crippen LogP contribution >= 0.6 is 24.0 Å². The Morgan fingerprint density at radius 3 is 3.00 bits per heavy atom. The number of furan rings is 1. The number of aryl methyl sites for hydroxylation is 3. The summed E-state index contributed by atoms with van der Waals surface area (Å²) in [7, 11) is 1.75. The van der Waals surface area contributed by atoms with Crippen molar-refractivity contribution in [3.05, 3.63) is 47.0 Å². The normalized spacial score (nSPS) is 16.4. The lowest BCUT2D eigenvalue weighted by atomic mass is 10.1. The summed E-state index contributed by atoms with van der Waals surface area (Å²) in [5, 5.41) is 12.1. The van der Waals surface area contributed by atoms with Gasteiger partial charge in [-0.25, -0.2) is 14.1 Å². The molecule has 0 radical (unpaired) electrons. The van der Waals surface area contributed by atoms with E-state index in [0.29, 0.717) is 18.1 Å². The van der Waals surface area contributed by atoms with Crippen molar-refractivity contribution < 1.29 is 8.81 Å². The SMILES string of the molecule is CCc1nc2n(n1)CC(NC(=NC)NCc1oc3ccc(F)cc3c1C)CC2.I. The summed E-state index contributed by atoms with van der Waals surface area (Å²) in [6.45, 7) is 5.25. The number of hydrogen-bond donors (Lipinski definition) is 2. The van der Waals surface area contributed by atoms with Crippen LogP contribution in [0.15, 0.2) is 27.6 Å². The summed E-state index contributed by atoms with van der Waals surface area (Å²) in [5.41, 5.74) is 1.63. The number of rotatable bonds is 4. The fourth-order valence-electron chi connectivity index (χ4n) is 3.59. The summed E-state index contributed by atoms with van der Waals surface area (Å²) in [5.74, 6) is 3.18. The van der Waals surface area contributed by atoms with Crippen LogP contribution in [0.3, 0.4) is 0 Å². The molecule has 156 valence electrons. The predicted molar refractivity (Wildman–Crippen MR) is 121 cm³/mol. The maximum absolute atomic E-state index is 13.5. The van der Waals surface area contributed by atoms with Crippen molar-refractivity contribution in [2.45, 2.75) is 52.2 Å². The second-order valence-corrected chi connectivity index (χ2v) is 7.08. The molecule has 7 nitrogen and oxygen atoms in total. The third-order valence-electron chi connectivity index (χ3n) is 5.20. The molecule has 4 rings (SSSR count). The number of halogens is 2. The number of guanidine groups is 1. The molecule has 0 amide bonds. The van der Waals surface area contributed by atoms with E-state index in [4.69, 9.17) is 4.42 Å². The minimum atomic E-state index is -0.260. The minimum Gasteiger partial charge on any atom is -0.459 e. The smallest absolute Gasteiger partial charge is 0.191 e. The molecule has 2 N–H and O–H groups in total. The number of fused-ring (bicyclic) bond motifs is 2. The number of nitrogens with zero attached hydrogens (tertiary/aromatic N) is 4. The van der Waals surface area contributed by atoms with Crippen LogP contribution in [0.1, 0.15) is 36.3 Å². The molecule has 1 aliphatic rings. The van der Waals surface area contributed by atoms with Gasteiger partial charge in [0.05, 0.1) is 13.1 Å². The van der Waals surface area contributed by atoms with E-state index in [1.165, 1.54) is 12.1 Å². The van der Waals surface area contributed by atoms with Gasteiger partial charge < -0.3 is 15.1 Å². The van der Waals surface area contributed by atoms with Gasteiger partial charge in [0.1, 0.15) is 23.0 Å². The van der Waals surface area contributed by atoms with Gasteiger partial charge in [-0.2, -0.15) is 5.10 Å². The molecule has 1 aromatic carbocycles. The minimum absolute atomic E-state index is 0. The largest absolute Gasteiger partial charge is 0.459 e. The first-order valence-electron chi connectivity index (χ1n) is 9.64. The molecule has 1 atom stereocenters. The number of nitrogens with one attached hydrogen (secondary N) is 2. The van der Waals surface area contributed by atoms with Gasteiger partial charge in [0.2, 0.25) is 0 Å². The van der Waals surface area contributed by atoms with Gasteiger partial charge in [0.25, 0.3) is 0 Å². The van der Waals surface area contributed by atoms with E-state index in [1.807, 2.05) is 11.6 Å². The first-order valence-corrected chi connectivity index (χ1v) is 9.64. The first kappa shape index (κ1) is 21.5. The monoisotopic (exact) mass is 512 g/mol. The summed E-state index contributed by atoms with van der Waals surface area (Å²) < 4.78 is 21.3.